The number of aryl methyl sites for hydroxylation is 1. The minimum Gasteiger partial charge on any atom is -0.406 e. The Hall–Kier alpha value is -4.16. The summed E-state index contributed by atoms with van der Waals surface area (Å²) in [5.41, 5.74) is 5.55. The largest absolute Gasteiger partial charge is 0.573 e. The summed E-state index contributed by atoms with van der Waals surface area (Å²) in [6, 6.07) is 19.3. The Kier molecular flexibility index (Phi) is 8.64. The molecule has 218 valence electrons. The van der Waals surface area contributed by atoms with E-state index in [4.69, 9.17) is 0 Å². The maximum Gasteiger partial charge on any atom is 0.573 e. The number of hydrogen-bond acceptors (Lipinski definition) is 7. The maximum absolute atomic E-state index is 12.7. The summed E-state index contributed by atoms with van der Waals surface area (Å²) < 4.78 is 42.6. The van der Waals surface area contributed by atoms with Crippen LogP contribution < -0.4 is 15.0 Å². The van der Waals surface area contributed by atoms with Gasteiger partial charge in [-0.25, -0.2) is 14.7 Å². The normalized spacial score (nSPS) is 14.8. The van der Waals surface area contributed by atoms with Crippen molar-refractivity contribution in [3.8, 4) is 22.8 Å². The summed E-state index contributed by atoms with van der Waals surface area (Å²) in [4.78, 5) is 23.5. The molecule has 42 heavy (non-hydrogen) atoms. The van der Waals surface area contributed by atoms with E-state index >= 15 is 0 Å². The molecule has 5 rings (SSSR count). The molecule has 1 N–H and O–H groups in total. The molecule has 4 aromatic rings. The van der Waals surface area contributed by atoms with Crippen LogP contribution >= 0.6 is 11.8 Å². The number of hydrogen-bond donors (Lipinski definition) is 1. The van der Waals surface area contributed by atoms with Crippen LogP contribution in [0.4, 0.5) is 18.9 Å². The number of aliphatic imine (C=N–C) groups is 1. The van der Waals surface area contributed by atoms with E-state index in [2.05, 4.69) is 45.0 Å². The van der Waals surface area contributed by atoms with Crippen molar-refractivity contribution in [1.29, 1.82) is 0 Å². The predicted molar refractivity (Wildman–Crippen MR) is 158 cm³/mol. The summed E-state index contributed by atoms with van der Waals surface area (Å²) in [6.45, 7) is 7.22. The van der Waals surface area contributed by atoms with Crippen LogP contribution in [0.3, 0.4) is 0 Å². The number of amidine groups is 1. The molecule has 1 fully saturated rings. The van der Waals surface area contributed by atoms with Crippen LogP contribution in [0.5, 0.6) is 5.75 Å². The molecule has 3 aromatic carbocycles. The Labute approximate surface area is 245 Å². The lowest BCUT2D eigenvalue weighted by Crippen LogP contribution is -2.31. The maximum atomic E-state index is 12.7. The van der Waals surface area contributed by atoms with E-state index in [1.54, 1.807) is 4.90 Å². The highest BCUT2D eigenvalue weighted by molar-refractivity contribution is 8.15. The third-order valence-corrected chi connectivity index (χ3v) is 7.47. The number of rotatable bonds is 9. The van der Waals surface area contributed by atoms with Crippen LogP contribution in [0, 0.1) is 6.92 Å². The first-order valence-corrected chi connectivity index (χ1v) is 14.2. The summed E-state index contributed by atoms with van der Waals surface area (Å²) >= 11 is 1.45. The van der Waals surface area contributed by atoms with Gasteiger partial charge in [0.15, 0.2) is 11.0 Å². The lowest BCUT2D eigenvalue weighted by atomic mass is 9.98. The molecule has 0 atom stereocenters. The Bertz CT molecular complexity index is 1580. The minimum atomic E-state index is -4.74. The third kappa shape index (κ3) is 7.00. The molecular weight excluding hydrogens is 565 g/mol. The fraction of sp³-hybridized carbons (Fsp3) is 0.267. The van der Waals surface area contributed by atoms with Crippen LogP contribution in [-0.2, 0) is 11.3 Å². The van der Waals surface area contributed by atoms with Gasteiger partial charge in [-0.2, -0.15) is 0 Å². The number of nitrogens with zero attached hydrogens (tertiary/aromatic N) is 5. The van der Waals surface area contributed by atoms with Crippen molar-refractivity contribution in [3.63, 3.8) is 0 Å². The molecule has 0 unspecified atom stereocenters. The number of benzene rings is 3. The van der Waals surface area contributed by atoms with E-state index < -0.39 is 6.36 Å². The fourth-order valence-electron chi connectivity index (χ4n) is 4.47. The first-order chi connectivity index (χ1) is 20.1. The number of thioether (sulfide) groups is 1. The van der Waals surface area contributed by atoms with Gasteiger partial charge in [-0.05, 0) is 54.3 Å². The molecule has 1 saturated heterocycles. The number of halogens is 3. The van der Waals surface area contributed by atoms with Crippen LogP contribution in [-0.4, -0.2) is 44.6 Å². The van der Waals surface area contributed by atoms with E-state index in [0.29, 0.717) is 35.6 Å². The number of alkyl halides is 3. The van der Waals surface area contributed by atoms with Gasteiger partial charge in [0.1, 0.15) is 12.1 Å². The first-order valence-electron chi connectivity index (χ1n) is 13.3. The summed E-state index contributed by atoms with van der Waals surface area (Å²) in [6.07, 6.45) is -3.24. The number of ether oxygens (including phenoxy) is 1. The average Bonchev–Trinajstić information content (AvgIpc) is 3.58. The van der Waals surface area contributed by atoms with Gasteiger partial charge in [-0.15, -0.1) is 18.3 Å². The highest BCUT2D eigenvalue weighted by Gasteiger charge is 2.32. The number of aromatic nitrogens is 3. The first kappa shape index (κ1) is 29.3. The van der Waals surface area contributed by atoms with E-state index in [1.807, 2.05) is 43.3 Å². The number of amides is 1. The monoisotopic (exact) mass is 594 g/mol. The number of nitrogens with one attached hydrogen (secondary N) is 1. The molecule has 1 aliphatic heterocycles. The van der Waals surface area contributed by atoms with Gasteiger partial charge in [-0.1, -0.05) is 67.6 Å². The van der Waals surface area contributed by atoms with Crippen molar-refractivity contribution < 1.29 is 22.7 Å². The smallest absolute Gasteiger partial charge is 0.406 e. The summed E-state index contributed by atoms with van der Waals surface area (Å²) in [5, 5.41) is 8.44. The highest BCUT2D eigenvalue weighted by Crippen LogP contribution is 2.34. The quantitative estimate of drug-likeness (QED) is 0.224. The van der Waals surface area contributed by atoms with Gasteiger partial charge in [0, 0.05) is 12.1 Å². The SMILES string of the molecule is Cc1ccc(N2C(=O)CS/C2=N\CNCc2ccc(-c3ncn(-c4ccc(OC(F)(F)F)cc4)n3)cc2)c(C(C)C)c1. The minimum absolute atomic E-state index is 0.0311. The van der Waals surface area contributed by atoms with Crippen LogP contribution in [0.25, 0.3) is 17.1 Å². The fourth-order valence-corrected chi connectivity index (χ4v) is 5.34. The Morgan fingerprint density at radius 2 is 1.81 bits per heavy atom. The third-order valence-electron chi connectivity index (χ3n) is 6.51. The Morgan fingerprint density at radius 3 is 2.50 bits per heavy atom. The molecular formula is C30H29F3N6O2S. The van der Waals surface area contributed by atoms with Gasteiger partial charge in [-0.3, -0.25) is 15.0 Å². The van der Waals surface area contributed by atoms with Gasteiger partial charge >= 0.3 is 6.36 Å². The lowest BCUT2D eigenvalue weighted by Gasteiger charge is -2.22. The molecule has 1 aromatic heterocycles. The average molecular weight is 595 g/mol. The van der Waals surface area contributed by atoms with Crippen molar-refractivity contribution in [2.24, 2.45) is 4.99 Å². The topological polar surface area (TPSA) is 84.6 Å². The van der Waals surface area contributed by atoms with E-state index in [9.17, 15) is 18.0 Å². The molecule has 0 saturated carbocycles. The van der Waals surface area contributed by atoms with Crippen molar-refractivity contribution in [3.05, 3.63) is 89.7 Å². The molecule has 0 spiro atoms. The van der Waals surface area contributed by atoms with Gasteiger partial charge in [0.05, 0.1) is 23.8 Å². The van der Waals surface area contributed by atoms with Crippen LogP contribution in [0.2, 0.25) is 0 Å². The molecule has 0 radical (unpaired) electrons. The second kappa shape index (κ2) is 12.4. The molecule has 0 aliphatic carbocycles. The number of anilines is 1. The zero-order valence-electron chi connectivity index (χ0n) is 23.2. The van der Waals surface area contributed by atoms with Crippen molar-refractivity contribution in [1.82, 2.24) is 20.1 Å². The number of carbonyl (C=O) groups is 1. The van der Waals surface area contributed by atoms with E-state index in [1.165, 1.54) is 47.0 Å². The van der Waals surface area contributed by atoms with Gasteiger partial charge < -0.3 is 4.74 Å². The lowest BCUT2D eigenvalue weighted by molar-refractivity contribution is -0.274. The summed E-state index contributed by atoms with van der Waals surface area (Å²) in [7, 11) is 0. The summed E-state index contributed by atoms with van der Waals surface area (Å²) in [5.74, 6) is 0.854. The second-order valence-electron chi connectivity index (χ2n) is 10.0. The molecule has 2 heterocycles. The Morgan fingerprint density at radius 1 is 1.07 bits per heavy atom. The zero-order valence-corrected chi connectivity index (χ0v) is 24.0. The molecule has 12 heteroatoms. The zero-order chi connectivity index (χ0) is 29.9. The predicted octanol–water partition coefficient (Wildman–Crippen LogP) is 6.45. The van der Waals surface area contributed by atoms with Gasteiger partial charge in [0.25, 0.3) is 0 Å². The molecule has 1 aliphatic rings. The van der Waals surface area contributed by atoms with Crippen molar-refractivity contribution >= 4 is 28.5 Å². The van der Waals surface area contributed by atoms with Crippen molar-refractivity contribution in [2.75, 3.05) is 17.3 Å². The van der Waals surface area contributed by atoms with E-state index in [0.717, 1.165) is 27.9 Å². The second-order valence-corrected chi connectivity index (χ2v) is 11.0. The Balaban J connectivity index is 1.18. The molecule has 0 bridgehead atoms. The molecule has 1 amide bonds. The van der Waals surface area contributed by atoms with Crippen molar-refractivity contribution in [2.45, 2.75) is 39.6 Å². The van der Waals surface area contributed by atoms with Crippen LogP contribution in [0.15, 0.2) is 78.0 Å². The van der Waals surface area contributed by atoms with Gasteiger partial charge in [0.2, 0.25) is 5.91 Å². The highest BCUT2D eigenvalue weighted by atomic mass is 32.2. The molecule has 8 nitrogen and oxygen atoms in total. The standard InChI is InChI=1S/C30H29F3N6O2S/c1-19(2)25-14-20(3)4-13-26(25)39-27(40)16-42-29(39)35-17-34-15-21-5-7-22(8-6-21)28-36-18-38(37-28)23-9-11-24(12-10-23)41-30(31,32)33/h4-14,18-19,34H,15-17H2,1-3H3/b35-29-. The number of carbonyl (C=O) groups excluding carboxylic acids is 1. The van der Waals surface area contributed by atoms with Crippen LogP contribution in [0.1, 0.15) is 36.5 Å². The van der Waals surface area contributed by atoms with E-state index in [-0.39, 0.29) is 17.6 Å².